The number of aromatic nitrogens is 2. The number of carbonyl (C=O) groups is 1. The minimum absolute atomic E-state index is 0.284. The maximum absolute atomic E-state index is 13.1. The zero-order chi connectivity index (χ0) is 26.4. The van der Waals surface area contributed by atoms with Crippen LogP contribution in [0.3, 0.4) is 0 Å². The molecule has 1 N–H and O–H groups in total. The number of allylic oxidation sites excluding steroid dienone is 2. The van der Waals surface area contributed by atoms with Crippen LogP contribution in [0.15, 0.2) is 41.2 Å². The highest BCUT2D eigenvalue weighted by Crippen LogP contribution is 2.30. The van der Waals surface area contributed by atoms with Crippen molar-refractivity contribution in [2.75, 3.05) is 26.7 Å². The van der Waals surface area contributed by atoms with Crippen LogP contribution in [-0.2, 0) is 14.3 Å². The molecule has 1 aliphatic heterocycles. The second kappa shape index (κ2) is 11.6. The van der Waals surface area contributed by atoms with E-state index in [0.29, 0.717) is 29.8 Å². The second-order valence-corrected chi connectivity index (χ2v) is 8.82. The molecule has 196 valence electrons. The minimum Gasteiger partial charge on any atom is -0.474 e. The first-order valence-electron chi connectivity index (χ1n) is 10.8. The van der Waals surface area contributed by atoms with Gasteiger partial charge in [-0.25, -0.2) is 9.67 Å². The van der Waals surface area contributed by atoms with Crippen LogP contribution >= 0.6 is 0 Å². The van der Waals surface area contributed by atoms with Crippen LogP contribution in [0.2, 0.25) is 0 Å². The number of piperidine rings is 1. The summed E-state index contributed by atoms with van der Waals surface area (Å²) in [6.07, 6.45) is 0.547. The molecule has 2 atom stereocenters. The molecule has 1 aliphatic rings. The van der Waals surface area contributed by atoms with Crippen molar-refractivity contribution in [1.82, 2.24) is 20.0 Å². The van der Waals surface area contributed by atoms with Gasteiger partial charge in [-0.15, -0.1) is 13.2 Å². The highest BCUT2D eigenvalue weighted by atomic mass is 19.4. The monoisotopic (exact) mass is 507 g/mol. The molecule has 0 saturated carbocycles. The number of carbonyl (C=O) groups excluding carboxylic acids is 1. The quantitative estimate of drug-likeness (QED) is 0.222. The van der Waals surface area contributed by atoms with Gasteiger partial charge in [0.05, 0.1) is 11.6 Å². The van der Waals surface area contributed by atoms with Gasteiger partial charge in [0.15, 0.2) is 5.76 Å². The van der Waals surface area contributed by atoms with Crippen LogP contribution in [0, 0.1) is 5.41 Å². The van der Waals surface area contributed by atoms with Crippen LogP contribution in [-0.4, -0.2) is 66.5 Å². The van der Waals surface area contributed by atoms with Gasteiger partial charge in [0.2, 0.25) is 5.91 Å². The number of ether oxygens (including phenoxy) is 2. The molecule has 0 bridgehead atoms. The van der Waals surface area contributed by atoms with Gasteiger partial charge in [-0.1, -0.05) is 6.08 Å². The summed E-state index contributed by atoms with van der Waals surface area (Å²) in [5.41, 5.74) is -0.617. The first-order chi connectivity index (χ1) is 16.3. The molecular formula is C22H30F5N5O3. The minimum atomic E-state index is -4.97. The van der Waals surface area contributed by atoms with Gasteiger partial charge in [0.1, 0.15) is 6.61 Å². The predicted molar refractivity (Wildman–Crippen MR) is 119 cm³/mol. The maximum atomic E-state index is 13.1. The van der Waals surface area contributed by atoms with Gasteiger partial charge in [-0.2, -0.15) is 13.9 Å². The van der Waals surface area contributed by atoms with Crippen molar-refractivity contribution >= 4 is 12.6 Å². The molecule has 1 fully saturated rings. The number of hydrogen-bond donors (Lipinski definition) is 1. The Morgan fingerprint density at radius 2 is 2.09 bits per heavy atom. The zero-order valence-electron chi connectivity index (χ0n) is 20.0. The summed E-state index contributed by atoms with van der Waals surface area (Å²) in [5, 5.41) is 6.63. The number of likely N-dealkylation sites (N-methyl/N-ethyl adjacent to an activating group) is 1. The molecule has 1 aromatic rings. The smallest absolute Gasteiger partial charge is 0.474 e. The Kier molecular flexibility index (Phi) is 9.41. The van der Waals surface area contributed by atoms with E-state index < -0.39 is 35.9 Å². The van der Waals surface area contributed by atoms with Crippen molar-refractivity contribution in [3.8, 4) is 0 Å². The molecule has 2 heterocycles. The van der Waals surface area contributed by atoms with E-state index in [4.69, 9.17) is 4.74 Å². The fourth-order valence-corrected chi connectivity index (χ4v) is 3.57. The number of hydrogen-bond acceptors (Lipinski definition) is 6. The molecule has 0 spiro atoms. The fourth-order valence-electron chi connectivity index (χ4n) is 3.57. The van der Waals surface area contributed by atoms with E-state index in [2.05, 4.69) is 26.9 Å². The third-order valence-corrected chi connectivity index (χ3v) is 5.46. The molecule has 8 nitrogen and oxygen atoms in total. The first kappa shape index (κ1) is 28.3. The topological polar surface area (TPSA) is 81.0 Å². The number of aliphatic imine (C=N–C) groups is 1. The molecule has 0 aliphatic carbocycles. The van der Waals surface area contributed by atoms with E-state index in [0.717, 1.165) is 6.08 Å². The number of halogens is 5. The molecule has 0 radical (unpaired) electrons. The lowest BCUT2D eigenvalue weighted by Crippen LogP contribution is -2.52. The van der Waals surface area contributed by atoms with Crippen LogP contribution in [0.5, 0.6) is 0 Å². The Bertz CT molecular complexity index is 942. The van der Waals surface area contributed by atoms with Crippen molar-refractivity contribution < 1.29 is 36.2 Å². The SMILES string of the molecule is C=N/C(OCC(C)(C)C(=O)N[C@@H]1CCN(C)C[C@H]1c1cnn(C(F)F)c1)=C(\C=C/C)OC(F)(F)F. The lowest BCUT2D eigenvalue weighted by molar-refractivity contribution is -0.304. The zero-order valence-corrected chi connectivity index (χ0v) is 20.0. The Morgan fingerprint density at radius 3 is 2.63 bits per heavy atom. The molecule has 1 aromatic heterocycles. The summed E-state index contributed by atoms with van der Waals surface area (Å²) in [4.78, 5) is 18.6. The van der Waals surface area contributed by atoms with Gasteiger partial charge in [0.25, 0.3) is 5.88 Å². The van der Waals surface area contributed by atoms with Gasteiger partial charge >= 0.3 is 12.9 Å². The van der Waals surface area contributed by atoms with Gasteiger partial charge < -0.3 is 19.7 Å². The third kappa shape index (κ3) is 8.05. The predicted octanol–water partition coefficient (Wildman–Crippen LogP) is 4.21. The lowest BCUT2D eigenvalue weighted by atomic mass is 9.86. The fraction of sp³-hybridized carbons (Fsp3) is 0.591. The molecule has 0 aromatic carbocycles. The molecule has 2 rings (SSSR count). The molecule has 1 amide bonds. The summed E-state index contributed by atoms with van der Waals surface area (Å²) < 4.78 is 74.0. The maximum Gasteiger partial charge on any atom is 0.573 e. The molecule has 0 unspecified atom stereocenters. The molecular weight excluding hydrogens is 477 g/mol. The largest absolute Gasteiger partial charge is 0.573 e. The van der Waals surface area contributed by atoms with Crippen molar-refractivity contribution in [2.45, 2.75) is 52.1 Å². The highest BCUT2D eigenvalue weighted by Gasteiger charge is 2.37. The van der Waals surface area contributed by atoms with E-state index in [9.17, 15) is 26.7 Å². The number of alkyl halides is 5. The Balaban J connectivity index is 2.15. The van der Waals surface area contributed by atoms with E-state index in [1.54, 1.807) is 13.8 Å². The summed E-state index contributed by atoms with van der Waals surface area (Å²) in [7, 11) is 1.89. The number of amides is 1. The molecule has 13 heteroatoms. The number of rotatable bonds is 10. The Hall–Kier alpha value is -2.96. The second-order valence-electron chi connectivity index (χ2n) is 8.82. The van der Waals surface area contributed by atoms with Crippen molar-refractivity contribution in [2.24, 2.45) is 10.4 Å². The number of nitrogens with zero attached hydrogens (tertiary/aromatic N) is 4. The number of likely N-dealkylation sites (tertiary alicyclic amines) is 1. The summed E-state index contributed by atoms with van der Waals surface area (Å²) in [5.74, 6) is -1.92. The number of nitrogens with one attached hydrogen (secondary N) is 1. The van der Waals surface area contributed by atoms with E-state index in [1.807, 2.05) is 11.9 Å². The summed E-state index contributed by atoms with van der Waals surface area (Å²) >= 11 is 0. The van der Waals surface area contributed by atoms with Crippen LogP contribution in [0.1, 0.15) is 45.2 Å². The van der Waals surface area contributed by atoms with E-state index in [1.165, 1.54) is 25.4 Å². The standard InChI is InChI=1S/C22H30F5N5O3/c1-6-7-17(35-22(25,26)27)18(28-4)34-13-21(2,3)19(33)30-16-8-9-31(5)12-15(16)14-10-29-32(11-14)20(23)24/h6-7,10-11,15-16,20H,4,8-9,12-13H2,1-3,5H3,(H,30,33)/b7-6-,18-17-/t15-,16+/m0/s1. The van der Waals surface area contributed by atoms with Crippen molar-refractivity contribution in [3.05, 3.63) is 41.8 Å². The highest BCUT2D eigenvalue weighted by molar-refractivity contribution is 5.82. The summed E-state index contributed by atoms with van der Waals surface area (Å²) in [6.45, 7) is 5.92. The molecule has 35 heavy (non-hydrogen) atoms. The third-order valence-electron chi connectivity index (χ3n) is 5.46. The molecule has 1 saturated heterocycles. The van der Waals surface area contributed by atoms with Crippen molar-refractivity contribution in [1.29, 1.82) is 0 Å². The normalized spacial score (nSPS) is 20.6. The van der Waals surface area contributed by atoms with Crippen LogP contribution < -0.4 is 5.32 Å². The van der Waals surface area contributed by atoms with Crippen LogP contribution in [0.25, 0.3) is 0 Å². The van der Waals surface area contributed by atoms with Gasteiger partial charge in [-0.3, -0.25) is 4.79 Å². The van der Waals surface area contributed by atoms with E-state index >= 15 is 0 Å². The first-order valence-corrected chi connectivity index (χ1v) is 10.8. The van der Waals surface area contributed by atoms with Crippen LogP contribution in [0.4, 0.5) is 22.0 Å². The van der Waals surface area contributed by atoms with Crippen molar-refractivity contribution in [3.63, 3.8) is 0 Å². The van der Waals surface area contributed by atoms with Gasteiger partial charge in [-0.05, 0) is 59.1 Å². The van der Waals surface area contributed by atoms with E-state index in [-0.39, 0.29) is 18.6 Å². The Morgan fingerprint density at radius 1 is 1.40 bits per heavy atom. The average Bonchev–Trinajstić information content (AvgIpc) is 3.25. The van der Waals surface area contributed by atoms with Gasteiger partial charge in [0, 0.05) is 24.7 Å². The lowest BCUT2D eigenvalue weighted by Gasteiger charge is -2.38. The average molecular weight is 508 g/mol. The Labute approximate surface area is 200 Å². The summed E-state index contributed by atoms with van der Waals surface area (Å²) in [6, 6.07) is -0.368.